The van der Waals surface area contributed by atoms with E-state index in [1.165, 1.54) is 23.1 Å². The number of primary amides is 1. The molecule has 0 saturated heterocycles. The molecule has 7 nitrogen and oxygen atoms in total. The number of aryl methyl sites for hydroxylation is 2. The third-order valence-electron chi connectivity index (χ3n) is 3.41. The molecule has 3 N–H and O–H groups in total. The van der Waals surface area contributed by atoms with Gasteiger partial charge in [0, 0.05) is 29.5 Å². The number of rotatable bonds is 7. The smallest absolute Gasteiger partial charge is 0.293 e. The molecule has 0 bridgehead atoms. The van der Waals surface area contributed by atoms with Crippen LogP contribution in [0.5, 0.6) is 0 Å². The molecule has 0 aliphatic heterocycles. The third-order valence-corrected chi connectivity index (χ3v) is 4.48. The normalized spacial score (nSPS) is 10.5. The zero-order valence-electron chi connectivity index (χ0n) is 13.0. The highest BCUT2D eigenvalue weighted by atomic mass is 32.1. The molecule has 122 valence electrons. The predicted molar refractivity (Wildman–Crippen MR) is 90.0 cm³/mol. The number of nitrogens with two attached hydrogens (primary N) is 1. The fourth-order valence-electron chi connectivity index (χ4n) is 2.21. The van der Waals surface area contributed by atoms with Crippen LogP contribution in [0.3, 0.4) is 0 Å². The number of amides is 1. The number of aromatic nitrogens is 1. The second kappa shape index (κ2) is 7.19. The molecule has 1 aromatic carbocycles. The number of carbonyl (C=O) groups is 1. The minimum absolute atomic E-state index is 0.116. The highest BCUT2D eigenvalue weighted by Crippen LogP contribution is 2.26. The van der Waals surface area contributed by atoms with Gasteiger partial charge in [-0.25, -0.2) is 4.98 Å². The van der Waals surface area contributed by atoms with E-state index in [0.717, 1.165) is 17.1 Å². The summed E-state index contributed by atoms with van der Waals surface area (Å²) >= 11 is 1.64. The van der Waals surface area contributed by atoms with Crippen LogP contribution in [0.15, 0.2) is 18.2 Å². The van der Waals surface area contributed by atoms with Crippen molar-refractivity contribution in [3.63, 3.8) is 0 Å². The van der Waals surface area contributed by atoms with Crippen molar-refractivity contribution in [3.05, 3.63) is 49.5 Å². The van der Waals surface area contributed by atoms with Crippen LogP contribution in [0, 0.1) is 17.0 Å². The lowest BCUT2D eigenvalue weighted by Crippen LogP contribution is -2.12. The Bertz CT molecular complexity index is 742. The van der Waals surface area contributed by atoms with Crippen LogP contribution in [0.25, 0.3) is 0 Å². The SMILES string of the molecule is CCc1nc(CCNc2ccc(C(N)=O)cc2[N+](=O)[O-])sc1C. The summed E-state index contributed by atoms with van der Waals surface area (Å²) in [5.41, 5.74) is 6.57. The van der Waals surface area contributed by atoms with Crippen LogP contribution >= 0.6 is 11.3 Å². The summed E-state index contributed by atoms with van der Waals surface area (Å²) in [5, 5.41) is 15.2. The molecule has 0 saturated carbocycles. The quantitative estimate of drug-likeness (QED) is 0.597. The van der Waals surface area contributed by atoms with Gasteiger partial charge in [0.2, 0.25) is 5.91 Å². The number of hydrogen-bond acceptors (Lipinski definition) is 6. The number of thiazole rings is 1. The van der Waals surface area contributed by atoms with Gasteiger partial charge in [-0.2, -0.15) is 0 Å². The summed E-state index contributed by atoms with van der Waals surface area (Å²) in [6.07, 6.45) is 1.58. The van der Waals surface area contributed by atoms with Crippen molar-refractivity contribution < 1.29 is 9.72 Å². The lowest BCUT2D eigenvalue weighted by Gasteiger charge is -2.07. The number of benzene rings is 1. The van der Waals surface area contributed by atoms with Crippen molar-refractivity contribution in [2.75, 3.05) is 11.9 Å². The Balaban J connectivity index is 2.07. The van der Waals surface area contributed by atoms with Gasteiger partial charge in [-0.1, -0.05) is 6.92 Å². The summed E-state index contributed by atoms with van der Waals surface area (Å²) < 4.78 is 0. The molecule has 1 amide bonds. The van der Waals surface area contributed by atoms with Crippen LogP contribution in [-0.4, -0.2) is 22.4 Å². The van der Waals surface area contributed by atoms with Crippen LogP contribution in [-0.2, 0) is 12.8 Å². The molecule has 0 atom stereocenters. The molecule has 1 heterocycles. The first-order valence-electron chi connectivity index (χ1n) is 7.19. The molecule has 8 heteroatoms. The summed E-state index contributed by atoms with van der Waals surface area (Å²) in [6.45, 7) is 4.63. The number of hydrogen-bond donors (Lipinski definition) is 2. The number of nitrogens with zero attached hydrogens (tertiary/aromatic N) is 2. The first kappa shape index (κ1) is 16.9. The standard InChI is InChI=1S/C15H18N4O3S/c1-3-11-9(2)23-14(18-11)6-7-17-12-5-4-10(15(16)20)8-13(12)19(21)22/h4-5,8,17H,3,6-7H2,1-2H3,(H2,16,20). The average molecular weight is 334 g/mol. The second-order valence-corrected chi connectivity index (χ2v) is 6.28. The Morgan fingerprint density at radius 3 is 2.78 bits per heavy atom. The van der Waals surface area contributed by atoms with E-state index in [4.69, 9.17) is 5.73 Å². The summed E-state index contributed by atoms with van der Waals surface area (Å²) in [6, 6.07) is 4.16. The van der Waals surface area contributed by atoms with Gasteiger partial charge in [0.25, 0.3) is 5.69 Å². The molecule has 0 aliphatic carbocycles. The van der Waals surface area contributed by atoms with Crippen LogP contribution in [0.4, 0.5) is 11.4 Å². The first-order valence-corrected chi connectivity index (χ1v) is 8.01. The summed E-state index contributed by atoms with van der Waals surface area (Å²) in [4.78, 5) is 27.5. The molecule has 0 radical (unpaired) electrons. The van der Waals surface area contributed by atoms with Gasteiger partial charge >= 0.3 is 0 Å². The monoisotopic (exact) mass is 334 g/mol. The number of nitro benzene ring substituents is 1. The minimum Gasteiger partial charge on any atom is -0.379 e. The topological polar surface area (TPSA) is 111 Å². The van der Waals surface area contributed by atoms with E-state index in [2.05, 4.69) is 17.2 Å². The van der Waals surface area contributed by atoms with Crippen molar-refractivity contribution >= 4 is 28.6 Å². The average Bonchev–Trinajstić information content (AvgIpc) is 2.87. The summed E-state index contributed by atoms with van der Waals surface area (Å²) in [7, 11) is 0. The molecule has 23 heavy (non-hydrogen) atoms. The zero-order chi connectivity index (χ0) is 17.0. The van der Waals surface area contributed by atoms with E-state index in [9.17, 15) is 14.9 Å². The van der Waals surface area contributed by atoms with E-state index in [0.29, 0.717) is 18.7 Å². The number of nitrogens with one attached hydrogen (secondary N) is 1. The highest BCUT2D eigenvalue weighted by Gasteiger charge is 2.16. The Morgan fingerprint density at radius 1 is 1.48 bits per heavy atom. The molecular formula is C15H18N4O3S. The van der Waals surface area contributed by atoms with Gasteiger partial charge in [0.1, 0.15) is 5.69 Å². The number of anilines is 1. The molecule has 0 aliphatic rings. The minimum atomic E-state index is -0.690. The van der Waals surface area contributed by atoms with Crippen LogP contribution in [0.1, 0.15) is 32.9 Å². The van der Waals surface area contributed by atoms with Gasteiger partial charge < -0.3 is 11.1 Å². The molecular weight excluding hydrogens is 316 g/mol. The fourth-order valence-corrected chi connectivity index (χ4v) is 3.23. The maximum atomic E-state index is 11.1. The van der Waals surface area contributed by atoms with Crippen molar-refractivity contribution in [1.82, 2.24) is 4.98 Å². The molecule has 0 fully saturated rings. The van der Waals surface area contributed by atoms with Crippen molar-refractivity contribution in [2.24, 2.45) is 5.73 Å². The molecule has 0 unspecified atom stereocenters. The van der Waals surface area contributed by atoms with Gasteiger partial charge in [0.15, 0.2) is 0 Å². The van der Waals surface area contributed by atoms with Crippen molar-refractivity contribution in [3.8, 4) is 0 Å². The third kappa shape index (κ3) is 4.04. The van der Waals surface area contributed by atoms with Gasteiger partial charge in [-0.05, 0) is 25.5 Å². The summed E-state index contributed by atoms with van der Waals surface area (Å²) in [5.74, 6) is -0.690. The molecule has 2 rings (SSSR count). The maximum Gasteiger partial charge on any atom is 0.293 e. The first-order chi connectivity index (χ1) is 10.9. The van der Waals surface area contributed by atoms with Gasteiger partial charge in [-0.3, -0.25) is 14.9 Å². The predicted octanol–water partition coefficient (Wildman–Crippen LogP) is 2.68. The number of nitro groups is 1. The lowest BCUT2D eigenvalue weighted by atomic mass is 10.1. The van der Waals surface area contributed by atoms with E-state index in [1.54, 1.807) is 11.3 Å². The fraction of sp³-hybridized carbons (Fsp3) is 0.333. The van der Waals surface area contributed by atoms with Gasteiger partial charge in [0.05, 0.1) is 15.6 Å². The molecule has 2 aromatic rings. The second-order valence-electron chi connectivity index (χ2n) is 4.99. The zero-order valence-corrected chi connectivity index (χ0v) is 13.8. The molecule has 0 spiro atoms. The Kier molecular flexibility index (Phi) is 5.28. The molecule has 1 aromatic heterocycles. The van der Waals surface area contributed by atoms with Crippen LogP contribution in [0.2, 0.25) is 0 Å². The lowest BCUT2D eigenvalue weighted by molar-refractivity contribution is -0.384. The Hall–Kier alpha value is -2.48. The van der Waals surface area contributed by atoms with E-state index in [-0.39, 0.29) is 11.3 Å². The van der Waals surface area contributed by atoms with Gasteiger partial charge in [-0.15, -0.1) is 11.3 Å². The maximum absolute atomic E-state index is 11.1. The Morgan fingerprint density at radius 2 is 2.22 bits per heavy atom. The highest BCUT2D eigenvalue weighted by molar-refractivity contribution is 7.11. The number of carbonyl (C=O) groups excluding carboxylic acids is 1. The van der Waals surface area contributed by atoms with Crippen molar-refractivity contribution in [1.29, 1.82) is 0 Å². The largest absolute Gasteiger partial charge is 0.379 e. The Labute approximate surface area is 137 Å². The van der Waals surface area contributed by atoms with E-state index < -0.39 is 10.8 Å². The van der Waals surface area contributed by atoms with Crippen molar-refractivity contribution in [2.45, 2.75) is 26.7 Å². The van der Waals surface area contributed by atoms with Crippen LogP contribution < -0.4 is 11.1 Å². The van der Waals surface area contributed by atoms with E-state index in [1.807, 2.05) is 6.92 Å². The van der Waals surface area contributed by atoms with E-state index >= 15 is 0 Å².